The summed E-state index contributed by atoms with van der Waals surface area (Å²) < 4.78 is 3.14. The lowest BCUT2D eigenvalue weighted by Gasteiger charge is -2.38. The summed E-state index contributed by atoms with van der Waals surface area (Å²) in [5.74, 6) is 0.406. The Bertz CT molecular complexity index is 159. The summed E-state index contributed by atoms with van der Waals surface area (Å²) >= 11 is 1.59. The molecule has 70 valence electrons. The van der Waals surface area contributed by atoms with Crippen LogP contribution in [0.3, 0.4) is 0 Å². The van der Waals surface area contributed by atoms with Gasteiger partial charge < -0.3 is 10.0 Å². The van der Waals surface area contributed by atoms with Crippen LogP contribution >= 0.6 is 11.9 Å². The van der Waals surface area contributed by atoms with Crippen molar-refractivity contribution in [1.82, 2.24) is 9.62 Å². The van der Waals surface area contributed by atoms with Gasteiger partial charge in [-0.2, -0.15) is 0 Å². The third-order valence-corrected chi connectivity index (χ3v) is 2.42. The molecule has 0 unspecified atom stereocenters. The summed E-state index contributed by atoms with van der Waals surface area (Å²) in [5.41, 5.74) is 0. The predicted octanol–water partition coefficient (Wildman–Crippen LogP) is -0.695. The van der Waals surface area contributed by atoms with Crippen LogP contribution in [0.2, 0.25) is 0 Å². The number of amides is 1. The highest BCUT2D eigenvalue weighted by Gasteiger charge is 2.29. The van der Waals surface area contributed by atoms with E-state index in [1.807, 2.05) is 6.26 Å². The molecule has 1 aliphatic rings. The molecule has 0 bridgehead atoms. The fourth-order valence-electron chi connectivity index (χ4n) is 1.20. The van der Waals surface area contributed by atoms with E-state index in [4.69, 9.17) is 5.11 Å². The van der Waals surface area contributed by atoms with Gasteiger partial charge in [-0.3, -0.25) is 9.52 Å². The molecule has 0 aliphatic carbocycles. The van der Waals surface area contributed by atoms with Crippen molar-refractivity contribution in [2.75, 3.05) is 32.5 Å². The van der Waals surface area contributed by atoms with Gasteiger partial charge in [0.15, 0.2) is 0 Å². The molecule has 0 radical (unpaired) electrons. The van der Waals surface area contributed by atoms with Crippen LogP contribution in [0.4, 0.5) is 0 Å². The van der Waals surface area contributed by atoms with E-state index in [9.17, 15) is 4.79 Å². The lowest BCUT2D eigenvalue weighted by atomic mass is 10.0. The zero-order valence-electron chi connectivity index (χ0n) is 7.12. The first-order valence-corrected chi connectivity index (χ1v) is 5.15. The van der Waals surface area contributed by atoms with Crippen molar-refractivity contribution >= 4 is 17.9 Å². The number of nitrogens with one attached hydrogen (secondary N) is 1. The molecule has 1 saturated heterocycles. The predicted molar refractivity (Wildman–Crippen MR) is 48.7 cm³/mol. The highest BCUT2D eigenvalue weighted by molar-refractivity contribution is 7.96. The summed E-state index contributed by atoms with van der Waals surface area (Å²) in [6.45, 7) is 2.15. The second-order valence-corrected chi connectivity index (χ2v) is 3.57. The molecule has 2 N–H and O–H groups in total. The molecule has 5 heteroatoms. The number of carbonyl (C=O) groups excluding carboxylic acids is 1. The van der Waals surface area contributed by atoms with Gasteiger partial charge in [0.2, 0.25) is 5.91 Å². The van der Waals surface area contributed by atoms with Crippen molar-refractivity contribution in [3.63, 3.8) is 0 Å². The summed E-state index contributed by atoms with van der Waals surface area (Å²) in [5, 5.41) is 8.52. The maximum absolute atomic E-state index is 10.9. The molecular weight excluding hydrogens is 176 g/mol. The zero-order valence-corrected chi connectivity index (χ0v) is 7.93. The molecule has 0 spiro atoms. The maximum atomic E-state index is 10.9. The molecule has 0 aromatic carbocycles. The number of aliphatic hydroxyl groups is 1. The van der Waals surface area contributed by atoms with Crippen LogP contribution in [0.25, 0.3) is 0 Å². The first-order valence-electron chi connectivity index (χ1n) is 3.92. The fraction of sp³-hybridized carbons (Fsp3) is 0.857. The van der Waals surface area contributed by atoms with Gasteiger partial charge in [-0.15, -0.1) is 0 Å². The number of hydrogen-bond donors (Lipinski definition) is 2. The monoisotopic (exact) mass is 190 g/mol. The minimum atomic E-state index is -0.358. The SMILES string of the molecule is CSNCC1CN(C(=O)CO)C1. The number of rotatable bonds is 4. The Labute approximate surface area is 76.4 Å². The Morgan fingerprint density at radius 2 is 2.42 bits per heavy atom. The van der Waals surface area contributed by atoms with E-state index in [0.29, 0.717) is 5.92 Å². The number of carbonyl (C=O) groups is 1. The Hall–Kier alpha value is -0.260. The van der Waals surface area contributed by atoms with Crippen molar-refractivity contribution in [1.29, 1.82) is 0 Å². The van der Waals surface area contributed by atoms with Crippen LogP contribution in [0.15, 0.2) is 0 Å². The Kier molecular flexibility index (Phi) is 3.84. The van der Waals surface area contributed by atoms with Crippen LogP contribution in [-0.4, -0.2) is 48.4 Å². The summed E-state index contributed by atoms with van der Waals surface area (Å²) in [4.78, 5) is 12.5. The smallest absolute Gasteiger partial charge is 0.248 e. The van der Waals surface area contributed by atoms with Gasteiger partial charge in [-0.25, -0.2) is 0 Å². The molecule has 0 aromatic heterocycles. The largest absolute Gasteiger partial charge is 0.387 e. The minimum Gasteiger partial charge on any atom is -0.387 e. The number of nitrogens with zero attached hydrogens (tertiary/aromatic N) is 1. The van der Waals surface area contributed by atoms with E-state index in [2.05, 4.69) is 4.72 Å². The number of hydrogen-bond acceptors (Lipinski definition) is 4. The van der Waals surface area contributed by atoms with Crippen molar-refractivity contribution in [3.8, 4) is 0 Å². The quantitative estimate of drug-likeness (QED) is 0.576. The van der Waals surface area contributed by atoms with Gasteiger partial charge in [-0.05, 0) is 6.26 Å². The van der Waals surface area contributed by atoms with Crippen LogP contribution in [0.5, 0.6) is 0 Å². The molecule has 1 rings (SSSR count). The summed E-state index contributed by atoms with van der Waals surface area (Å²) in [6, 6.07) is 0. The Balaban J connectivity index is 2.07. The lowest BCUT2D eigenvalue weighted by Crippen LogP contribution is -2.53. The molecule has 4 nitrogen and oxygen atoms in total. The maximum Gasteiger partial charge on any atom is 0.248 e. The number of aliphatic hydroxyl groups excluding tert-OH is 1. The molecule has 1 heterocycles. The topological polar surface area (TPSA) is 52.6 Å². The fourth-order valence-corrected chi connectivity index (χ4v) is 1.61. The molecule has 1 fully saturated rings. The molecule has 0 saturated carbocycles. The minimum absolute atomic E-state index is 0.157. The summed E-state index contributed by atoms with van der Waals surface area (Å²) in [7, 11) is 0. The van der Waals surface area contributed by atoms with E-state index in [1.54, 1.807) is 16.8 Å². The van der Waals surface area contributed by atoms with Gasteiger partial charge in [0, 0.05) is 25.6 Å². The number of likely N-dealkylation sites (tertiary alicyclic amines) is 1. The van der Waals surface area contributed by atoms with Crippen molar-refractivity contribution < 1.29 is 9.90 Å². The average Bonchev–Trinajstić information content (AvgIpc) is 2.01. The normalized spacial score (nSPS) is 17.7. The molecular formula is C7H14N2O2S. The van der Waals surface area contributed by atoms with Crippen molar-refractivity contribution in [2.24, 2.45) is 5.92 Å². The first kappa shape index (κ1) is 9.83. The molecule has 1 amide bonds. The van der Waals surface area contributed by atoms with E-state index in [1.165, 1.54) is 0 Å². The van der Waals surface area contributed by atoms with Crippen molar-refractivity contribution in [3.05, 3.63) is 0 Å². The molecule has 0 aromatic rings. The average molecular weight is 190 g/mol. The van der Waals surface area contributed by atoms with E-state index < -0.39 is 0 Å². The standard InChI is InChI=1S/C7H14N2O2S/c1-12-8-2-6-3-9(4-6)7(11)5-10/h6,8,10H,2-5H2,1H3. The molecule has 12 heavy (non-hydrogen) atoms. The van der Waals surface area contributed by atoms with E-state index in [0.717, 1.165) is 19.6 Å². The Morgan fingerprint density at radius 3 is 2.92 bits per heavy atom. The second kappa shape index (κ2) is 4.69. The highest BCUT2D eigenvalue weighted by atomic mass is 32.2. The summed E-state index contributed by atoms with van der Waals surface area (Å²) in [6.07, 6.45) is 1.98. The van der Waals surface area contributed by atoms with Gasteiger partial charge in [-0.1, -0.05) is 11.9 Å². The third-order valence-electron chi connectivity index (χ3n) is 1.96. The Morgan fingerprint density at radius 1 is 1.75 bits per heavy atom. The highest BCUT2D eigenvalue weighted by Crippen LogP contribution is 2.14. The third kappa shape index (κ3) is 2.36. The van der Waals surface area contributed by atoms with E-state index in [-0.39, 0.29) is 12.5 Å². The van der Waals surface area contributed by atoms with Crippen LogP contribution < -0.4 is 4.72 Å². The van der Waals surface area contributed by atoms with Gasteiger partial charge in [0.1, 0.15) is 6.61 Å². The zero-order chi connectivity index (χ0) is 8.97. The van der Waals surface area contributed by atoms with Gasteiger partial charge >= 0.3 is 0 Å². The van der Waals surface area contributed by atoms with Crippen LogP contribution in [0.1, 0.15) is 0 Å². The van der Waals surface area contributed by atoms with Gasteiger partial charge in [0.25, 0.3) is 0 Å². The molecule has 1 aliphatic heterocycles. The lowest BCUT2D eigenvalue weighted by molar-refractivity contribution is -0.140. The first-order chi connectivity index (χ1) is 5.77. The molecule has 0 atom stereocenters. The van der Waals surface area contributed by atoms with Crippen molar-refractivity contribution in [2.45, 2.75) is 0 Å². The van der Waals surface area contributed by atoms with Gasteiger partial charge in [0.05, 0.1) is 0 Å². The van der Waals surface area contributed by atoms with E-state index >= 15 is 0 Å². The second-order valence-electron chi connectivity index (χ2n) is 2.88. The van der Waals surface area contributed by atoms with Crippen LogP contribution in [-0.2, 0) is 4.79 Å². The van der Waals surface area contributed by atoms with Crippen LogP contribution in [0, 0.1) is 5.92 Å².